The van der Waals surface area contributed by atoms with Gasteiger partial charge in [-0.2, -0.15) is 8.78 Å². The number of fused-ring (bicyclic) bond motifs is 2. The summed E-state index contributed by atoms with van der Waals surface area (Å²) >= 11 is 0. The number of alkyl halides is 2. The van der Waals surface area contributed by atoms with Crippen LogP contribution in [-0.2, 0) is 16.8 Å². The van der Waals surface area contributed by atoms with Crippen molar-refractivity contribution in [3.05, 3.63) is 59.9 Å². The second-order valence-corrected chi connectivity index (χ2v) is 8.31. The number of anilines is 1. The van der Waals surface area contributed by atoms with Crippen molar-refractivity contribution >= 4 is 11.6 Å². The summed E-state index contributed by atoms with van der Waals surface area (Å²) in [6, 6.07) is 9.24. The Bertz CT molecular complexity index is 1380. The van der Waals surface area contributed by atoms with Gasteiger partial charge in [-0.1, -0.05) is 11.3 Å². The quantitative estimate of drug-likeness (QED) is 0.462. The molecule has 2 aliphatic rings. The Kier molecular flexibility index (Phi) is 4.69. The summed E-state index contributed by atoms with van der Waals surface area (Å²) in [4.78, 5) is 17.0. The zero-order valence-electron chi connectivity index (χ0n) is 17.7. The number of rotatable bonds is 5. The number of carbonyl (C=O) groups is 1. The number of nitrogens with zero attached hydrogens (tertiary/aromatic N) is 6. The summed E-state index contributed by atoms with van der Waals surface area (Å²) in [7, 11) is 0. The van der Waals surface area contributed by atoms with E-state index in [4.69, 9.17) is 4.42 Å². The largest absolute Gasteiger partial charge is 0.415 e. The van der Waals surface area contributed by atoms with Crippen molar-refractivity contribution in [2.24, 2.45) is 0 Å². The van der Waals surface area contributed by atoms with Gasteiger partial charge in [0.1, 0.15) is 5.69 Å². The maximum Gasteiger partial charge on any atom is 0.314 e. The minimum absolute atomic E-state index is 0.0165. The van der Waals surface area contributed by atoms with Crippen molar-refractivity contribution in [3.63, 3.8) is 0 Å². The number of halogens is 2. The fourth-order valence-corrected chi connectivity index (χ4v) is 4.45. The van der Waals surface area contributed by atoms with E-state index in [1.54, 1.807) is 16.8 Å². The van der Waals surface area contributed by atoms with Gasteiger partial charge in [-0.25, -0.2) is 4.68 Å². The van der Waals surface area contributed by atoms with E-state index in [-0.39, 0.29) is 11.8 Å². The van der Waals surface area contributed by atoms with Gasteiger partial charge in [-0.3, -0.25) is 9.78 Å². The molecule has 10 nitrogen and oxygen atoms in total. The highest BCUT2D eigenvalue weighted by Crippen LogP contribution is 2.43. The van der Waals surface area contributed by atoms with Crippen LogP contribution in [0.25, 0.3) is 22.7 Å². The Morgan fingerprint density at radius 2 is 2.03 bits per heavy atom. The average Bonchev–Trinajstić information content (AvgIpc) is 3.63. The van der Waals surface area contributed by atoms with Crippen LogP contribution in [0.1, 0.15) is 30.0 Å². The number of carbonyl (C=O) groups excluding carboxylic acids is 1. The van der Waals surface area contributed by atoms with Gasteiger partial charge < -0.3 is 15.1 Å². The predicted molar refractivity (Wildman–Crippen MR) is 115 cm³/mol. The van der Waals surface area contributed by atoms with Gasteiger partial charge in [-0.05, 0) is 42.8 Å². The predicted octanol–water partition coefficient (Wildman–Crippen LogP) is 2.56. The number of aromatic nitrogens is 6. The van der Waals surface area contributed by atoms with Crippen LogP contribution in [0, 0.1) is 0 Å². The van der Waals surface area contributed by atoms with E-state index in [0.29, 0.717) is 30.0 Å². The second kappa shape index (κ2) is 7.76. The molecule has 172 valence electrons. The van der Waals surface area contributed by atoms with E-state index in [1.807, 2.05) is 24.4 Å². The van der Waals surface area contributed by atoms with E-state index in [1.165, 1.54) is 6.20 Å². The molecule has 34 heavy (non-hydrogen) atoms. The highest BCUT2D eigenvalue weighted by Gasteiger charge is 2.48. The van der Waals surface area contributed by atoms with E-state index in [9.17, 15) is 13.6 Å². The Labute approximate surface area is 191 Å². The Balaban J connectivity index is 1.20. The molecule has 4 aromatic rings. The second-order valence-electron chi connectivity index (χ2n) is 8.31. The number of benzene rings is 1. The molecule has 1 atom stereocenters. The van der Waals surface area contributed by atoms with E-state index in [0.717, 1.165) is 29.8 Å². The molecule has 1 amide bonds. The van der Waals surface area contributed by atoms with Crippen molar-refractivity contribution < 1.29 is 18.0 Å². The standard InChI is InChI=1S/C22H18F2N8O2/c23-18(24)20-30-29-19(34-20)13-1-3-14(26-8-13)9-32-10-17(28-31-32)12-2-4-16-15(7-12)22(21(33)27-16)5-6-25-11-22/h1-4,7-8,10,18,25H,5-6,9,11H2,(H,27,33)/t22-/m1/s1. The molecule has 2 N–H and O–H groups in total. The molecule has 3 aromatic heterocycles. The molecule has 12 heteroatoms. The lowest BCUT2D eigenvalue weighted by molar-refractivity contribution is -0.120. The highest BCUT2D eigenvalue weighted by molar-refractivity contribution is 6.07. The summed E-state index contributed by atoms with van der Waals surface area (Å²) in [6.45, 7) is 1.79. The zero-order chi connectivity index (χ0) is 23.3. The number of hydrogen-bond acceptors (Lipinski definition) is 8. The number of amides is 1. The molecule has 1 fully saturated rings. The topological polar surface area (TPSA) is 124 Å². The normalized spacial score (nSPS) is 19.2. The van der Waals surface area contributed by atoms with Crippen molar-refractivity contribution in [3.8, 4) is 22.7 Å². The molecule has 1 saturated heterocycles. The molecular weight excluding hydrogens is 446 g/mol. The van der Waals surface area contributed by atoms with Crippen molar-refractivity contribution in [1.82, 2.24) is 35.5 Å². The third-order valence-electron chi connectivity index (χ3n) is 6.23. The van der Waals surface area contributed by atoms with Gasteiger partial charge in [0, 0.05) is 24.0 Å². The lowest BCUT2D eigenvalue weighted by atomic mass is 9.80. The van der Waals surface area contributed by atoms with Gasteiger partial charge >= 0.3 is 6.43 Å². The SMILES string of the molecule is O=C1Nc2ccc(-c3cn(Cc4ccc(-c5nnc(C(F)F)o5)cn4)nn3)cc2[C@]12CCNC2. The van der Waals surface area contributed by atoms with E-state index >= 15 is 0 Å². The monoisotopic (exact) mass is 464 g/mol. The first-order valence-corrected chi connectivity index (χ1v) is 10.7. The molecular formula is C22H18F2N8O2. The third kappa shape index (κ3) is 3.34. The van der Waals surface area contributed by atoms with Crippen LogP contribution in [-0.4, -0.2) is 49.2 Å². The van der Waals surface area contributed by atoms with Crippen LogP contribution in [0.15, 0.2) is 47.1 Å². The molecule has 1 spiro atoms. The summed E-state index contributed by atoms with van der Waals surface area (Å²) in [6.07, 6.45) is 1.23. The molecule has 0 bridgehead atoms. The summed E-state index contributed by atoms with van der Waals surface area (Å²) in [5.41, 5.74) is 4.00. The van der Waals surface area contributed by atoms with Gasteiger partial charge in [0.25, 0.3) is 5.89 Å². The molecule has 5 heterocycles. The highest BCUT2D eigenvalue weighted by atomic mass is 19.3. The van der Waals surface area contributed by atoms with Gasteiger partial charge in [0.05, 0.1) is 29.4 Å². The maximum atomic E-state index is 12.6. The van der Waals surface area contributed by atoms with Crippen LogP contribution < -0.4 is 10.6 Å². The number of pyridine rings is 1. The molecule has 1 aromatic carbocycles. The van der Waals surface area contributed by atoms with Crippen LogP contribution in [0.3, 0.4) is 0 Å². The van der Waals surface area contributed by atoms with Crippen LogP contribution in [0.2, 0.25) is 0 Å². The minimum atomic E-state index is -2.82. The van der Waals surface area contributed by atoms with Crippen LogP contribution in [0.5, 0.6) is 0 Å². The number of nitrogens with one attached hydrogen (secondary N) is 2. The van der Waals surface area contributed by atoms with Crippen LogP contribution in [0.4, 0.5) is 14.5 Å². The molecule has 0 radical (unpaired) electrons. The lowest BCUT2D eigenvalue weighted by Crippen LogP contribution is -2.36. The Morgan fingerprint density at radius 1 is 1.15 bits per heavy atom. The van der Waals surface area contributed by atoms with E-state index < -0.39 is 17.7 Å². The first-order valence-electron chi connectivity index (χ1n) is 10.7. The maximum absolute atomic E-state index is 12.6. The summed E-state index contributed by atoms with van der Waals surface area (Å²) in [5.74, 6) is -0.706. The summed E-state index contributed by atoms with van der Waals surface area (Å²) in [5, 5.41) is 21.7. The summed E-state index contributed by atoms with van der Waals surface area (Å²) < 4.78 is 31.9. The van der Waals surface area contributed by atoms with Crippen molar-refractivity contribution in [2.75, 3.05) is 18.4 Å². The Morgan fingerprint density at radius 3 is 2.76 bits per heavy atom. The van der Waals surface area contributed by atoms with Crippen molar-refractivity contribution in [1.29, 1.82) is 0 Å². The van der Waals surface area contributed by atoms with Gasteiger partial charge in [0.15, 0.2) is 0 Å². The minimum Gasteiger partial charge on any atom is -0.415 e. The zero-order valence-corrected chi connectivity index (χ0v) is 17.7. The molecule has 6 rings (SSSR count). The fraction of sp³-hybridized carbons (Fsp3) is 0.273. The first-order chi connectivity index (χ1) is 16.5. The van der Waals surface area contributed by atoms with E-state index in [2.05, 4.69) is 36.1 Å². The third-order valence-corrected chi connectivity index (χ3v) is 6.23. The Hall–Kier alpha value is -4.06. The molecule has 0 unspecified atom stereocenters. The molecule has 0 saturated carbocycles. The van der Waals surface area contributed by atoms with Gasteiger partial charge in [0.2, 0.25) is 11.8 Å². The van der Waals surface area contributed by atoms with Crippen molar-refractivity contribution in [2.45, 2.75) is 24.8 Å². The average molecular weight is 464 g/mol. The smallest absolute Gasteiger partial charge is 0.314 e. The molecule has 0 aliphatic carbocycles. The van der Waals surface area contributed by atoms with Gasteiger partial charge in [-0.15, -0.1) is 15.3 Å². The number of hydrogen-bond donors (Lipinski definition) is 2. The molecule has 2 aliphatic heterocycles. The first kappa shape index (κ1) is 20.5. The fourth-order valence-electron chi connectivity index (χ4n) is 4.45. The van der Waals surface area contributed by atoms with Crippen LogP contribution >= 0.6 is 0 Å². The lowest BCUT2D eigenvalue weighted by Gasteiger charge is -2.19.